The number of carbonyl (C=O) groups is 1. The van der Waals surface area contributed by atoms with Crippen LogP contribution < -0.4 is 0 Å². The van der Waals surface area contributed by atoms with Gasteiger partial charge in [0.25, 0.3) is 0 Å². The molecule has 0 aromatic heterocycles. The molecule has 0 aliphatic heterocycles. The second-order valence-corrected chi connectivity index (χ2v) is 9.08. The summed E-state index contributed by atoms with van der Waals surface area (Å²) in [5.74, 6) is 0.162. The normalized spacial score (nSPS) is 11.2. The minimum Gasteiger partial charge on any atom is -0.379 e. The lowest BCUT2D eigenvalue weighted by atomic mass is 10.2. The first kappa shape index (κ1) is 42.5. The highest BCUT2D eigenvalue weighted by molar-refractivity contribution is 5.78. The van der Waals surface area contributed by atoms with Gasteiger partial charge in [-0.15, -0.1) is 0 Å². The first-order valence-electron chi connectivity index (χ1n) is 15.7. The third-order valence-electron chi connectivity index (χ3n) is 5.36. The molecule has 0 aromatic carbocycles. The zero-order valence-electron chi connectivity index (χ0n) is 26.8. The molecule has 0 unspecified atom stereocenters. The monoisotopic (exact) mass is 639 g/mol. The van der Waals surface area contributed by atoms with Crippen molar-refractivity contribution in [2.45, 2.75) is 32.6 Å². The summed E-state index contributed by atoms with van der Waals surface area (Å²) >= 11 is 0. The number of hydrogen-bond donors (Lipinski definition) is 0. The smallest absolute Gasteiger partial charge is 0.135 e. The zero-order valence-corrected chi connectivity index (χ0v) is 26.8. The highest BCUT2D eigenvalue weighted by Gasteiger charge is 2.02. The largest absolute Gasteiger partial charge is 0.379 e. The summed E-state index contributed by atoms with van der Waals surface area (Å²) in [6.45, 7) is 13.4. The minimum absolute atomic E-state index is 0.162. The summed E-state index contributed by atoms with van der Waals surface area (Å²) in [5.41, 5.74) is 8.13. The summed E-state index contributed by atoms with van der Waals surface area (Å²) in [7, 11) is 0. The van der Waals surface area contributed by atoms with Gasteiger partial charge in [0, 0.05) is 37.5 Å². The van der Waals surface area contributed by atoms with Crippen molar-refractivity contribution in [2.24, 2.45) is 5.11 Å². The Bertz CT molecular complexity index is 630. The number of Topliss-reactive ketones (excluding diaryl/α,β-unsaturated/α-hetero) is 1. The Hall–Kier alpha value is -1.46. The Kier molecular flexibility index (Phi) is 38.3. The third-order valence-corrected chi connectivity index (χ3v) is 5.36. The lowest BCUT2D eigenvalue weighted by molar-refractivity contribution is -0.120. The van der Waals surface area contributed by atoms with Gasteiger partial charge in [-0.3, -0.25) is 4.79 Å². The molecule has 0 N–H and O–H groups in total. The first-order valence-corrected chi connectivity index (χ1v) is 15.7. The minimum atomic E-state index is 0.162. The summed E-state index contributed by atoms with van der Waals surface area (Å²) < 4.78 is 59.4. The van der Waals surface area contributed by atoms with Crippen LogP contribution in [0.1, 0.15) is 32.6 Å². The molecule has 0 spiro atoms. The Labute approximate surface area is 263 Å². The van der Waals surface area contributed by atoms with Crippen LogP contribution in [0.3, 0.4) is 0 Å². The van der Waals surface area contributed by atoms with E-state index in [0.717, 1.165) is 13.0 Å². The summed E-state index contributed by atoms with van der Waals surface area (Å²) in [4.78, 5) is 14.6. The molecule has 0 aromatic rings. The molecule has 0 atom stereocenters. The van der Waals surface area contributed by atoms with Crippen molar-refractivity contribution < 1.29 is 56.9 Å². The van der Waals surface area contributed by atoms with Crippen LogP contribution in [0.5, 0.6) is 0 Å². The van der Waals surface area contributed by atoms with E-state index in [-0.39, 0.29) is 5.78 Å². The number of carbonyl (C=O) groups excluding carboxylic acids is 1. The predicted octanol–water partition coefficient (Wildman–Crippen LogP) is 2.63. The molecule has 0 bridgehead atoms. The lowest BCUT2D eigenvalue weighted by Crippen LogP contribution is -2.14. The summed E-state index contributed by atoms with van der Waals surface area (Å²) in [5, 5.41) is 3.37. The average Bonchev–Trinajstić information content (AvgIpc) is 3.03. The van der Waals surface area contributed by atoms with Gasteiger partial charge in [0.15, 0.2) is 0 Å². The van der Waals surface area contributed by atoms with E-state index in [2.05, 4.69) is 16.9 Å². The highest BCUT2D eigenvalue weighted by atomic mass is 16.6. The van der Waals surface area contributed by atoms with Gasteiger partial charge in [0.05, 0.1) is 132 Å². The molecule has 0 fully saturated rings. The van der Waals surface area contributed by atoms with Gasteiger partial charge in [0.1, 0.15) is 5.78 Å². The van der Waals surface area contributed by atoms with Crippen LogP contribution in [-0.2, 0) is 56.9 Å². The van der Waals surface area contributed by atoms with Crippen molar-refractivity contribution in [1.82, 2.24) is 0 Å². The van der Waals surface area contributed by atoms with Gasteiger partial charge < -0.3 is 52.1 Å². The van der Waals surface area contributed by atoms with Crippen LogP contribution in [0.2, 0.25) is 0 Å². The van der Waals surface area contributed by atoms with Gasteiger partial charge in [-0.2, -0.15) is 0 Å². The van der Waals surface area contributed by atoms with E-state index in [0.29, 0.717) is 165 Å². The highest BCUT2D eigenvalue weighted by Crippen LogP contribution is 1.97. The van der Waals surface area contributed by atoms with Gasteiger partial charge in [-0.25, -0.2) is 0 Å². The molecule has 15 heteroatoms. The van der Waals surface area contributed by atoms with E-state index in [4.69, 9.17) is 57.6 Å². The van der Waals surface area contributed by atoms with Crippen molar-refractivity contribution in [1.29, 1.82) is 0 Å². The van der Waals surface area contributed by atoms with E-state index in [9.17, 15) is 4.79 Å². The maximum absolute atomic E-state index is 11.9. The van der Waals surface area contributed by atoms with Crippen LogP contribution in [0.25, 0.3) is 10.4 Å². The van der Waals surface area contributed by atoms with Crippen LogP contribution in [0.4, 0.5) is 0 Å². The van der Waals surface area contributed by atoms with Crippen molar-refractivity contribution in [3.63, 3.8) is 0 Å². The predicted molar refractivity (Wildman–Crippen MR) is 162 cm³/mol. The lowest BCUT2D eigenvalue weighted by Gasteiger charge is -2.08. The molecule has 0 saturated carbocycles. The van der Waals surface area contributed by atoms with Crippen molar-refractivity contribution >= 4 is 5.78 Å². The Morgan fingerprint density at radius 3 is 1.14 bits per heavy atom. The molecule has 0 amide bonds. The fourth-order valence-electron chi connectivity index (χ4n) is 3.16. The van der Waals surface area contributed by atoms with E-state index < -0.39 is 0 Å². The molecule has 0 radical (unpaired) electrons. The van der Waals surface area contributed by atoms with Gasteiger partial charge in [-0.1, -0.05) is 12.0 Å². The van der Waals surface area contributed by atoms with Gasteiger partial charge >= 0.3 is 0 Å². The van der Waals surface area contributed by atoms with Gasteiger partial charge in [-0.05, 0) is 18.4 Å². The quantitative estimate of drug-likeness (QED) is 0.0418. The van der Waals surface area contributed by atoms with Crippen LogP contribution in [0, 0.1) is 0 Å². The van der Waals surface area contributed by atoms with Crippen molar-refractivity contribution in [3.8, 4) is 0 Å². The topological polar surface area (TPSA) is 167 Å². The van der Waals surface area contributed by atoms with E-state index >= 15 is 0 Å². The molecule has 0 aliphatic rings. The molecule has 0 heterocycles. The van der Waals surface area contributed by atoms with Crippen LogP contribution in [0.15, 0.2) is 5.11 Å². The number of hydrogen-bond acceptors (Lipinski definition) is 13. The maximum atomic E-state index is 11.9. The number of ether oxygens (including phenoxy) is 11. The molecular weight excluding hydrogens is 582 g/mol. The standard InChI is InChI=1S/C29H57N3O12/c1-2-7-34-11-15-38-19-23-42-24-20-39-16-12-35-8-3-4-29(33)5-9-36-13-17-40-21-25-43-27-28-44-26-22-41-18-14-37-10-6-31-32-30/h2-28H2,1H3. The fraction of sp³-hybridized carbons (Fsp3) is 0.966. The molecule has 0 saturated heterocycles. The van der Waals surface area contributed by atoms with E-state index in [1.165, 1.54) is 0 Å². The molecule has 15 nitrogen and oxygen atoms in total. The number of ketones is 1. The maximum Gasteiger partial charge on any atom is 0.135 e. The Morgan fingerprint density at radius 2 is 0.773 bits per heavy atom. The van der Waals surface area contributed by atoms with Gasteiger partial charge in [0.2, 0.25) is 0 Å². The Morgan fingerprint density at radius 1 is 0.455 bits per heavy atom. The van der Waals surface area contributed by atoms with Crippen LogP contribution >= 0.6 is 0 Å². The number of azide groups is 1. The van der Waals surface area contributed by atoms with E-state index in [1.54, 1.807) is 0 Å². The van der Waals surface area contributed by atoms with E-state index in [1.807, 2.05) is 0 Å². The Balaban J connectivity index is 3.15. The molecule has 0 aliphatic carbocycles. The van der Waals surface area contributed by atoms with Crippen molar-refractivity contribution in [2.75, 3.05) is 152 Å². The SMILES string of the molecule is CCCOCCOCCOCCOCCOCCCC(=O)CCOCCOCCOCCOCCOCCOCCN=[N+]=[N-]. The second kappa shape index (κ2) is 39.6. The molecule has 0 rings (SSSR count). The number of rotatable bonds is 39. The molecule has 44 heavy (non-hydrogen) atoms. The molecule has 260 valence electrons. The average molecular weight is 640 g/mol. The second-order valence-electron chi connectivity index (χ2n) is 9.08. The fourth-order valence-corrected chi connectivity index (χ4v) is 3.16. The summed E-state index contributed by atoms with van der Waals surface area (Å²) in [6, 6.07) is 0. The number of nitrogens with zero attached hydrogens (tertiary/aromatic N) is 3. The van der Waals surface area contributed by atoms with Crippen LogP contribution in [-0.4, -0.2) is 158 Å². The summed E-state index contributed by atoms with van der Waals surface area (Å²) in [6.07, 6.45) is 2.57. The van der Waals surface area contributed by atoms with Crippen molar-refractivity contribution in [3.05, 3.63) is 10.4 Å². The zero-order chi connectivity index (χ0) is 31.9. The first-order chi connectivity index (χ1) is 21.8. The molecular formula is C29H57N3O12. The third kappa shape index (κ3) is 38.6.